The zero-order valence-corrected chi connectivity index (χ0v) is 11.4. The maximum Gasteiger partial charge on any atom is 0.307 e. The van der Waals surface area contributed by atoms with E-state index >= 15 is 0 Å². The van der Waals surface area contributed by atoms with E-state index in [-0.39, 0.29) is 12.3 Å². The topological polar surface area (TPSA) is 75.6 Å². The summed E-state index contributed by atoms with van der Waals surface area (Å²) in [4.78, 5) is 22.6. The summed E-state index contributed by atoms with van der Waals surface area (Å²) in [5.41, 5.74) is 0.450. The molecule has 1 rings (SSSR count). The van der Waals surface area contributed by atoms with Crippen LogP contribution in [0.5, 0.6) is 0 Å². The van der Waals surface area contributed by atoms with Gasteiger partial charge in [-0.3, -0.25) is 9.59 Å². The molecule has 0 saturated carbocycles. The molecule has 104 valence electrons. The van der Waals surface area contributed by atoms with Crippen molar-refractivity contribution in [3.8, 4) is 0 Å². The average Bonchev–Trinajstić information content (AvgIpc) is 2.39. The molecule has 0 bridgehead atoms. The molecule has 1 atom stereocenters. The number of rotatable bonds is 6. The van der Waals surface area contributed by atoms with Crippen molar-refractivity contribution in [2.24, 2.45) is 0 Å². The number of hydrogen-bond acceptors (Lipinski definition) is 3. The third-order valence-electron chi connectivity index (χ3n) is 3.17. The Hall–Kier alpha value is -1.88. The van der Waals surface area contributed by atoms with Crippen LogP contribution in [-0.4, -0.2) is 29.7 Å². The lowest BCUT2D eigenvalue weighted by atomic mass is 10.0. The number of anilines is 1. The van der Waals surface area contributed by atoms with Gasteiger partial charge in [-0.2, -0.15) is 0 Å². The Morgan fingerprint density at radius 1 is 1.32 bits per heavy atom. The minimum atomic E-state index is -0.880. The van der Waals surface area contributed by atoms with Gasteiger partial charge in [0, 0.05) is 12.8 Å². The molecule has 5 nitrogen and oxygen atoms in total. The number of benzene rings is 1. The number of aliphatic carboxylic acids is 1. The van der Waals surface area contributed by atoms with Gasteiger partial charge in [-0.05, 0) is 31.0 Å². The fourth-order valence-corrected chi connectivity index (χ4v) is 1.54. The number of amides is 1. The maximum atomic E-state index is 12.0. The molecule has 1 unspecified atom stereocenters. The number of carboxylic acid groups (broad SMARTS) is 1. The van der Waals surface area contributed by atoms with E-state index in [1.807, 2.05) is 6.92 Å². The van der Waals surface area contributed by atoms with Gasteiger partial charge >= 0.3 is 5.97 Å². The lowest BCUT2D eigenvalue weighted by Crippen LogP contribution is -2.41. The Bertz CT molecular complexity index is 449. The van der Waals surface area contributed by atoms with Crippen molar-refractivity contribution in [3.05, 3.63) is 29.8 Å². The Morgan fingerprint density at radius 3 is 2.32 bits per heavy atom. The zero-order chi connectivity index (χ0) is 14.5. The van der Waals surface area contributed by atoms with E-state index in [4.69, 9.17) is 9.84 Å². The van der Waals surface area contributed by atoms with Gasteiger partial charge in [0.05, 0.1) is 6.42 Å². The smallest absolute Gasteiger partial charge is 0.307 e. The summed E-state index contributed by atoms with van der Waals surface area (Å²) in [6.45, 7) is 3.60. The van der Waals surface area contributed by atoms with Crippen LogP contribution in [0.2, 0.25) is 0 Å². The molecule has 19 heavy (non-hydrogen) atoms. The van der Waals surface area contributed by atoms with Crippen LogP contribution in [-0.2, 0) is 20.7 Å². The number of carboxylic acids is 1. The van der Waals surface area contributed by atoms with Crippen LogP contribution in [0.25, 0.3) is 0 Å². The van der Waals surface area contributed by atoms with Crippen molar-refractivity contribution in [2.45, 2.75) is 32.3 Å². The molecular weight excluding hydrogens is 246 g/mol. The summed E-state index contributed by atoms with van der Waals surface area (Å²) in [6.07, 6.45) is 0.533. The first kappa shape index (κ1) is 15.2. The minimum Gasteiger partial charge on any atom is -0.481 e. The van der Waals surface area contributed by atoms with Crippen LogP contribution < -0.4 is 5.32 Å². The molecule has 0 spiro atoms. The van der Waals surface area contributed by atoms with Gasteiger partial charge in [0.25, 0.3) is 5.91 Å². The van der Waals surface area contributed by atoms with Gasteiger partial charge in [0.1, 0.15) is 5.60 Å². The van der Waals surface area contributed by atoms with Crippen LogP contribution >= 0.6 is 0 Å². The fourth-order valence-electron chi connectivity index (χ4n) is 1.54. The molecule has 1 aromatic carbocycles. The minimum absolute atomic E-state index is 0.0288. The van der Waals surface area contributed by atoms with Crippen molar-refractivity contribution >= 4 is 17.6 Å². The third kappa shape index (κ3) is 4.06. The van der Waals surface area contributed by atoms with Crippen molar-refractivity contribution in [3.63, 3.8) is 0 Å². The molecule has 0 aliphatic carbocycles. The molecule has 0 heterocycles. The number of ether oxygens (including phenoxy) is 1. The lowest BCUT2D eigenvalue weighted by molar-refractivity contribution is -0.136. The van der Waals surface area contributed by atoms with Crippen molar-refractivity contribution in [1.82, 2.24) is 0 Å². The molecule has 0 saturated heterocycles. The molecule has 0 fully saturated rings. The van der Waals surface area contributed by atoms with Crippen LogP contribution in [0.3, 0.4) is 0 Å². The quantitative estimate of drug-likeness (QED) is 0.825. The summed E-state index contributed by atoms with van der Waals surface area (Å²) < 4.78 is 5.21. The lowest BCUT2D eigenvalue weighted by Gasteiger charge is -2.25. The largest absolute Gasteiger partial charge is 0.481 e. The Kier molecular flexibility index (Phi) is 5.06. The highest BCUT2D eigenvalue weighted by molar-refractivity contribution is 5.97. The predicted octanol–water partition coefficient (Wildman–Crippen LogP) is 2.07. The average molecular weight is 265 g/mol. The van der Waals surface area contributed by atoms with E-state index in [2.05, 4.69) is 5.32 Å². The highest BCUT2D eigenvalue weighted by Crippen LogP contribution is 2.18. The zero-order valence-electron chi connectivity index (χ0n) is 11.4. The highest BCUT2D eigenvalue weighted by Gasteiger charge is 2.30. The summed E-state index contributed by atoms with van der Waals surface area (Å²) in [7, 11) is 1.50. The molecule has 5 heteroatoms. The summed E-state index contributed by atoms with van der Waals surface area (Å²) in [6, 6.07) is 6.73. The summed E-state index contributed by atoms with van der Waals surface area (Å²) >= 11 is 0. The molecule has 1 amide bonds. The van der Waals surface area contributed by atoms with Gasteiger partial charge in [-0.1, -0.05) is 19.1 Å². The van der Waals surface area contributed by atoms with E-state index in [1.54, 1.807) is 31.2 Å². The van der Waals surface area contributed by atoms with Crippen molar-refractivity contribution < 1.29 is 19.4 Å². The number of nitrogens with one attached hydrogen (secondary N) is 1. The molecule has 2 N–H and O–H groups in total. The highest BCUT2D eigenvalue weighted by atomic mass is 16.5. The second kappa shape index (κ2) is 6.33. The first-order chi connectivity index (χ1) is 8.91. The van der Waals surface area contributed by atoms with E-state index in [1.165, 1.54) is 7.11 Å². The number of carbonyl (C=O) groups is 2. The Balaban J connectivity index is 2.73. The molecule has 0 aliphatic rings. The molecule has 0 radical (unpaired) electrons. The first-order valence-corrected chi connectivity index (χ1v) is 6.08. The Labute approximate surface area is 112 Å². The number of carbonyl (C=O) groups excluding carboxylic acids is 1. The normalized spacial score (nSPS) is 13.6. The van der Waals surface area contributed by atoms with Crippen molar-refractivity contribution in [1.29, 1.82) is 0 Å². The fraction of sp³-hybridized carbons (Fsp3) is 0.429. The van der Waals surface area contributed by atoms with Crippen LogP contribution in [0.15, 0.2) is 24.3 Å². The van der Waals surface area contributed by atoms with Crippen LogP contribution in [0.4, 0.5) is 5.69 Å². The van der Waals surface area contributed by atoms with Crippen LogP contribution in [0.1, 0.15) is 25.8 Å². The number of methoxy groups -OCH3 is 1. The molecule has 0 aliphatic heterocycles. The third-order valence-corrected chi connectivity index (χ3v) is 3.17. The standard InChI is InChI=1S/C14H19NO4/c1-4-14(2,19-3)13(18)15-11-7-5-10(6-8-11)9-12(16)17/h5-8H,4,9H2,1-3H3,(H,15,18)(H,16,17). The van der Waals surface area contributed by atoms with E-state index < -0.39 is 11.6 Å². The monoisotopic (exact) mass is 265 g/mol. The Morgan fingerprint density at radius 2 is 1.89 bits per heavy atom. The van der Waals surface area contributed by atoms with E-state index in [0.29, 0.717) is 17.7 Å². The SMILES string of the molecule is CCC(C)(OC)C(=O)Nc1ccc(CC(=O)O)cc1. The second-order valence-electron chi connectivity index (χ2n) is 4.51. The predicted molar refractivity (Wildman–Crippen MR) is 72.1 cm³/mol. The van der Waals surface area contributed by atoms with Crippen LogP contribution in [0, 0.1) is 0 Å². The van der Waals surface area contributed by atoms with E-state index in [0.717, 1.165) is 0 Å². The van der Waals surface area contributed by atoms with Gasteiger partial charge in [-0.25, -0.2) is 0 Å². The summed E-state index contributed by atoms with van der Waals surface area (Å²) in [5.74, 6) is -1.10. The van der Waals surface area contributed by atoms with Gasteiger partial charge in [-0.15, -0.1) is 0 Å². The van der Waals surface area contributed by atoms with E-state index in [9.17, 15) is 9.59 Å². The van der Waals surface area contributed by atoms with Gasteiger partial charge < -0.3 is 15.2 Å². The summed E-state index contributed by atoms with van der Waals surface area (Å²) in [5, 5.41) is 11.4. The van der Waals surface area contributed by atoms with Crippen molar-refractivity contribution in [2.75, 3.05) is 12.4 Å². The number of hydrogen-bond donors (Lipinski definition) is 2. The maximum absolute atomic E-state index is 12.0. The molecule has 1 aromatic rings. The van der Waals surface area contributed by atoms with Gasteiger partial charge in [0.2, 0.25) is 0 Å². The molecule has 0 aromatic heterocycles. The second-order valence-corrected chi connectivity index (χ2v) is 4.51. The molecular formula is C14H19NO4. The van der Waals surface area contributed by atoms with Gasteiger partial charge in [0.15, 0.2) is 0 Å². The first-order valence-electron chi connectivity index (χ1n) is 6.08.